The third-order valence-electron chi connectivity index (χ3n) is 4.08. The Morgan fingerprint density at radius 1 is 1.07 bits per heavy atom. The molecule has 2 heterocycles. The molecule has 2 aromatic heterocycles. The number of amides is 2. The van der Waals surface area contributed by atoms with Crippen LogP contribution in [0.15, 0.2) is 60.1 Å². The van der Waals surface area contributed by atoms with Crippen LogP contribution in [0.25, 0.3) is 0 Å². The van der Waals surface area contributed by atoms with Gasteiger partial charge in [-0.3, -0.25) is 20.4 Å². The van der Waals surface area contributed by atoms with Crippen molar-refractivity contribution in [1.29, 1.82) is 0 Å². The van der Waals surface area contributed by atoms with Crippen LogP contribution in [0.1, 0.15) is 29.2 Å². The molecule has 3 rings (SSSR count). The molecule has 0 aliphatic rings. The largest absolute Gasteiger partial charge is 0.494 e. The summed E-state index contributed by atoms with van der Waals surface area (Å²) in [5.74, 6) is 0.416. The van der Waals surface area contributed by atoms with E-state index in [1.54, 1.807) is 54.7 Å². The van der Waals surface area contributed by atoms with Crippen LogP contribution >= 0.6 is 11.3 Å². The Kier molecular flexibility index (Phi) is 6.91. The second-order valence-electron chi connectivity index (χ2n) is 6.21. The van der Waals surface area contributed by atoms with Crippen molar-refractivity contribution in [2.24, 2.45) is 0 Å². The maximum atomic E-state index is 12.4. The standard InChI is InChI=1S/C21H23N3O4S/c1-3-27-16-8-10-17(11-9-16)28-15(2)20(25)22-23-21(26)19-7-4-12-24(19)14-18-6-5-13-29-18/h4-13,15H,3,14H2,1-2H3,(H,22,25)(H,23,26). The molecular formula is C21H23N3O4S. The summed E-state index contributed by atoms with van der Waals surface area (Å²) < 4.78 is 12.8. The highest BCUT2D eigenvalue weighted by atomic mass is 32.1. The summed E-state index contributed by atoms with van der Waals surface area (Å²) in [4.78, 5) is 25.8. The quantitative estimate of drug-likeness (QED) is 0.556. The highest BCUT2D eigenvalue weighted by molar-refractivity contribution is 7.09. The van der Waals surface area contributed by atoms with Crippen molar-refractivity contribution in [2.75, 3.05) is 6.61 Å². The Labute approximate surface area is 173 Å². The number of hydrogen-bond donors (Lipinski definition) is 2. The first-order chi connectivity index (χ1) is 14.1. The Hall–Kier alpha value is -3.26. The van der Waals surface area contributed by atoms with Crippen LogP contribution in [0.3, 0.4) is 0 Å². The van der Waals surface area contributed by atoms with Crippen LogP contribution in [-0.2, 0) is 11.3 Å². The Morgan fingerprint density at radius 2 is 1.83 bits per heavy atom. The van der Waals surface area contributed by atoms with E-state index in [-0.39, 0.29) is 0 Å². The van der Waals surface area contributed by atoms with Gasteiger partial charge in [-0.05, 0) is 61.7 Å². The molecular weight excluding hydrogens is 390 g/mol. The molecule has 8 heteroatoms. The SMILES string of the molecule is CCOc1ccc(OC(C)C(=O)NNC(=O)c2cccn2Cc2cccs2)cc1. The molecule has 7 nitrogen and oxygen atoms in total. The lowest BCUT2D eigenvalue weighted by Gasteiger charge is -2.16. The third kappa shape index (κ3) is 5.61. The van der Waals surface area contributed by atoms with E-state index >= 15 is 0 Å². The summed E-state index contributed by atoms with van der Waals surface area (Å²) in [7, 11) is 0. The smallest absolute Gasteiger partial charge is 0.286 e. The maximum Gasteiger partial charge on any atom is 0.286 e. The van der Waals surface area contributed by atoms with Crippen LogP contribution in [-0.4, -0.2) is 29.1 Å². The molecule has 1 unspecified atom stereocenters. The Balaban J connectivity index is 1.51. The number of carbonyl (C=O) groups is 2. The average Bonchev–Trinajstić information content (AvgIpc) is 3.40. The van der Waals surface area contributed by atoms with Gasteiger partial charge >= 0.3 is 0 Å². The van der Waals surface area contributed by atoms with E-state index in [2.05, 4.69) is 10.9 Å². The predicted molar refractivity (Wildman–Crippen MR) is 111 cm³/mol. The molecule has 0 radical (unpaired) electrons. The minimum atomic E-state index is -0.786. The summed E-state index contributed by atoms with van der Waals surface area (Å²) in [5, 5.41) is 1.99. The van der Waals surface area contributed by atoms with Crippen molar-refractivity contribution >= 4 is 23.2 Å². The number of rotatable bonds is 8. The van der Waals surface area contributed by atoms with Crippen LogP contribution in [0.5, 0.6) is 11.5 Å². The molecule has 1 atom stereocenters. The van der Waals surface area contributed by atoms with Crippen molar-refractivity contribution in [2.45, 2.75) is 26.5 Å². The van der Waals surface area contributed by atoms with Gasteiger partial charge in [0.15, 0.2) is 6.10 Å². The lowest BCUT2D eigenvalue weighted by molar-refractivity contribution is -0.128. The number of nitrogens with zero attached hydrogens (tertiary/aromatic N) is 1. The van der Waals surface area contributed by atoms with Gasteiger partial charge in [-0.15, -0.1) is 11.3 Å². The van der Waals surface area contributed by atoms with Crippen molar-refractivity contribution in [3.05, 3.63) is 70.7 Å². The van der Waals surface area contributed by atoms with Gasteiger partial charge in [-0.1, -0.05) is 6.07 Å². The van der Waals surface area contributed by atoms with Gasteiger partial charge in [0.1, 0.15) is 17.2 Å². The van der Waals surface area contributed by atoms with Crippen molar-refractivity contribution in [3.63, 3.8) is 0 Å². The first-order valence-electron chi connectivity index (χ1n) is 9.24. The van der Waals surface area contributed by atoms with E-state index in [9.17, 15) is 9.59 Å². The number of hydrazine groups is 1. The highest BCUT2D eigenvalue weighted by Gasteiger charge is 2.17. The lowest BCUT2D eigenvalue weighted by atomic mass is 10.3. The van der Waals surface area contributed by atoms with Crippen LogP contribution in [0.4, 0.5) is 0 Å². The van der Waals surface area contributed by atoms with Gasteiger partial charge in [0, 0.05) is 11.1 Å². The fourth-order valence-corrected chi connectivity index (χ4v) is 3.35. The van der Waals surface area contributed by atoms with Crippen LogP contribution < -0.4 is 20.3 Å². The zero-order chi connectivity index (χ0) is 20.6. The molecule has 2 N–H and O–H groups in total. The van der Waals surface area contributed by atoms with E-state index in [4.69, 9.17) is 9.47 Å². The molecule has 0 bridgehead atoms. The molecule has 1 aromatic carbocycles. The zero-order valence-corrected chi connectivity index (χ0v) is 17.1. The number of thiophene rings is 1. The number of aromatic nitrogens is 1. The summed E-state index contributed by atoms with van der Waals surface area (Å²) in [5.41, 5.74) is 5.31. The molecule has 0 fully saturated rings. The summed E-state index contributed by atoms with van der Waals surface area (Å²) in [6.45, 7) is 4.69. The van der Waals surface area contributed by atoms with E-state index in [1.807, 2.05) is 35.2 Å². The number of nitrogens with one attached hydrogen (secondary N) is 2. The van der Waals surface area contributed by atoms with Gasteiger partial charge in [0.25, 0.3) is 11.8 Å². The fourth-order valence-electron chi connectivity index (χ4n) is 2.65. The molecule has 0 spiro atoms. The minimum absolute atomic E-state index is 0.395. The minimum Gasteiger partial charge on any atom is -0.494 e. The monoisotopic (exact) mass is 413 g/mol. The first kappa shape index (κ1) is 20.5. The van der Waals surface area contributed by atoms with E-state index < -0.39 is 17.9 Å². The molecule has 3 aromatic rings. The van der Waals surface area contributed by atoms with Crippen molar-refractivity contribution in [3.8, 4) is 11.5 Å². The second kappa shape index (κ2) is 9.79. The van der Waals surface area contributed by atoms with Crippen molar-refractivity contribution in [1.82, 2.24) is 15.4 Å². The summed E-state index contributed by atoms with van der Waals surface area (Å²) >= 11 is 1.62. The normalized spacial score (nSPS) is 11.5. The molecule has 0 saturated carbocycles. The summed E-state index contributed by atoms with van der Waals surface area (Å²) in [6, 6.07) is 14.5. The van der Waals surface area contributed by atoms with Gasteiger partial charge < -0.3 is 14.0 Å². The predicted octanol–water partition coefficient (Wildman–Crippen LogP) is 3.23. The first-order valence-corrected chi connectivity index (χ1v) is 10.1. The number of benzene rings is 1. The number of hydrogen-bond acceptors (Lipinski definition) is 5. The zero-order valence-electron chi connectivity index (χ0n) is 16.3. The van der Waals surface area contributed by atoms with E-state index in [0.29, 0.717) is 24.6 Å². The lowest BCUT2D eigenvalue weighted by Crippen LogP contribution is -2.47. The maximum absolute atomic E-state index is 12.4. The van der Waals surface area contributed by atoms with Gasteiger partial charge in [0.05, 0.1) is 13.2 Å². The third-order valence-corrected chi connectivity index (χ3v) is 4.95. The fraction of sp³-hybridized carbons (Fsp3) is 0.238. The number of carbonyl (C=O) groups excluding carboxylic acids is 2. The van der Waals surface area contributed by atoms with E-state index in [0.717, 1.165) is 10.6 Å². The van der Waals surface area contributed by atoms with E-state index in [1.165, 1.54) is 0 Å². The molecule has 152 valence electrons. The summed E-state index contributed by atoms with van der Waals surface area (Å²) in [6.07, 6.45) is 1.04. The molecule has 29 heavy (non-hydrogen) atoms. The van der Waals surface area contributed by atoms with Gasteiger partial charge in [-0.2, -0.15) is 0 Å². The highest BCUT2D eigenvalue weighted by Crippen LogP contribution is 2.18. The molecule has 0 aliphatic carbocycles. The second-order valence-corrected chi connectivity index (χ2v) is 7.24. The van der Waals surface area contributed by atoms with Crippen LogP contribution in [0.2, 0.25) is 0 Å². The Morgan fingerprint density at radius 3 is 2.52 bits per heavy atom. The van der Waals surface area contributed by atoms with Crippen LogP contribution in [0, 0.1) is 0 Å². The molecule has 0 saturated heterocycles. The Bertz CT molecular complexity index is 935. The average molecular weight is 413 g/mol. The molecule has 0 aliphatic heterocycles. The van der Waals surface area contributed by atoms with Gasteiger partial charge in [-0.25, -0.2) is 0 Å². The number of ether oxygens (including phenoxy) is 2. The molecule has 2 amide bonds. The van der Waals surface area contributed by atoms with Crippen molar-refractivity contribution < 1.29 is 19.1 Å². The topological polar surface area (TPSA) is 81.6 Å². The van der Waals surface area contributed by atoms with Gasteiger partial charge in [0.2, 0.25) is 0 Å².